The zero-order valence-corrected chi connectivity index (χ0v) is 16.7. The van der Waals surface area contributed by atoms with E-state index in [2.05, 4.69) is 15.4 Å². The molecule has 2 aromatic heterocycles. The molecule has 1 N–H and O–H groups in total. The molecule has 28 heavy (non-hydrogen) atoms. The Labute approximate surface area is 166 Å². The molecule has 6 nitrogen and oxygen atoms in total. The number of nitrogens with zero attached hydrogens (tertiary/aromatic N) is 3. The van der Waals surface area contributed by atoms with Crippen molar-refractivity contribution in [3.05, 3.63) is 65.4 Å². The smallest absolute Gasteiger partial charge is 0.229 e. The zero-order valence-electron chi connectivity index (χ0n) is 15.9. The van der Waals surface area contributed by atoms with Gasteiger partial charge in [0.25, 0.3) is 0 Å². The molecule has 2 heterocycles. The molecule has 0 unspecified atom stereocenters. The Hall–Kier alpha value is -3.19. The molecule has 0 saturated carbocycles. The minimum atomic E-state index is -0.105. The molecule has 0 spiro atoms. The summed E-state index contributed by atoms with van der Waals surface area (Å²) in [6.07, 6.45) is 0.273. The number of aryl methyl sites for hydroxylation is 2. The van der Waals surface area contributed by atoms with Gasteiger partial charge >= 0.3 is 0 Å². The lowest BCUT2D eigenvalue weighted by Crippen LogP contribution is -2.17. The van der Waals surface area contributed by atoms with Crippen molar-refractivity contribution in [2.75, 3.05) is 12.4 Å². The number of ether oxygens (including phenoxy) is 1. The Kier molecular flexibility index (Phi) is 4.83. The SMILES string of the molecule is COc1ccc(CC(=O)Nc2cc(C)nn2-c2nc3ccccc3s2)cc1C. The molecule has 1 amide bonds. The monoisotopic (exact) mass is 392 g/mol. The van der Waals surface area contributed by atoms with Crippen LogP contribution in [-0.2, 0) is 11.2 Å². The third kappa shape index (κ3) is 3.61. The Balaban J connectivity index is 1.56. The van der Waals surface area contributed by atoms with E-state index in [-0.39, 0.29) is 12.3 Å². The molecular formula is C21H20N4O2S. The number of thiazole rings is 1. The van der Waals surface area contributed by atoms with Gasteiger partial charge in [-0.25, -0.2) is 4.98 Å². The van der Waals surface area contributed by atoms with Crippen molar-refractivity contribution in [3.8, 4) is 10.9 Å². The topological polar surface area (TPSA) is 69.0 Å². The van der Waals surface area contributed by atoms with Gasteiger partial charge in [0.15, 0.2) is 0 Å². The van der Waals surface area contributed by atoms with Gasteiger partial charge in [-0.05, 0) is 43.2 Å². The number of amides is 1. The number of para-hydroxylation sites is 1. The summed E-state index contributed by atoms with van der Waals surface area (Å²) in [6.45, 7) is 3.86. The second-order valence-corrected chi connectivity index (χ2v) is 7.58. The van der Waals surface area contributed by atoms with Gasteiger partial charge < -0.3 is 10.1 Å². The van der Waals surface area contributed by atoms with Gasteiger partial charge in [0.2, 0.25) is 11.0 Å². The molecule has 0 atom stereocenters. The molecule has 0 aliphatic rings. The molecule has 0 radical (unpaired) electrons. The molecular weight excluding hydrogens is 372 g/mol. The highest BCUT2D eigenvalue weighted by molar-refractivity contribution is 7.20. The fourth-order valence-corrected chi connectivity index (χ4v) is 4.04. The Morgan fingerprint density at radius 2 is 2.00 bits per heavy atom. The summed E-state index contributed by atoms with van der Waals surface area (Å²) in [5.41, 5.74) is 3.67. The van der Waals surface area contributed by atoms with Crippen LogP contribution in [-0.4, -0.2) is 27.8 Å². The van der Waals surface area contributed by atoms with Crippen LogP contribution in [0.5, 0.6) is 5.75 Å². The third-order valence-electron chi connectivity index (χ3n) is 4.39. The van der Waals surface area contributed by atoms with Crippen molar-refractivity contribution in [2.45, 2.75) is 20.3 Å². The van der Waals surface area contributed by atoms with Crippen molar-refractivity contribution < 1.29 is 9.53 Å². The lowest BCUT2D eigenvalue weighted by atomic mass is 10.1. The van der Waals surface area contributed by atoms with E-state index in [4.69, 9.17) is 4.74 Å². The van der Waals surface area contributed by atoms with E-state index in [9.17, 15) is 4.79 Å². The average molecular weight is 392 g/mol. The number of methoxy groups -OCH3 is 1. The number of benzene rings is 2. The predicted octanol–water partition coefficient (Wildman–Crippen LogP) is 4.29. The molecule has 0 aliphatic heterocycles. The van der Waals surface area contributed by atoms with Crippen molar-refractivity contribution >= 4 is 33.3 Å². The maximum atomic E-state index is 12.6. The van der Waals surface area contributed by atoms with Crippen LogP contribution >= 0.6 is 11.3 Å². The van der Waals surface area contributed by atoms with E-state index < -0.39 is 0 Å². The first-order valence-corrected chi connectivity index (χ1v) is 9.71. The quantitative estimate of drug-likeness (QED) is 0.550. The summed E-state index contributed by atoms with van der Waals surface area (Å²) in [5, 5.41) is 8.20. The van der Waals surface area contributed by atoms with Crippen LogP contribution in [0.1, 0.15) is 16.8 Å². The van der Waals surface area contributed by atoms with Crippen LogP contribution in [0.2, 0.25) is 0 Å². The second-order valence-electron chi connectivity index (χ2n) is 6.58. The third-order valence-corrected chi connectivity index (χ3v) is 5.40. The summed E-state index contributed by atoms with van der Waals surface area (Å²) >= 11 is 1.54. The van der Waals surface area contributed by atoms with Crippen molar-refractivity contribution in [1.82, 2.24) is 14.8 Å². The molecule has 7 heteroatoms. The van der Waals surface area contributed by atoms with Gasteiger partial charge in [0.1, 0.15) is 11.6 Å². The van der Waals surface area contributed by atoms with Crippen LogP contribution in [0.25, 0.3) is 15.3 Å². The van der Waals surface area contributed by atoms with E-state index in [0.29, 0.717) is 5.82 Å². The molecule has 0 saturated heterocycles. The summed E-state index contributed by atoms with van der Waals surface area (Å²) < 4.78 is 8.05. The van der Waals surface area contributed by atoms with Crippen LogP contribution in [0.4, 0.5) is 5.82 Å². The Morgan fingerprint density at radius 3 is 2.75 bits per heavy atom. The lowest BCUT2D eigenvalue weighted by molar-refractivity contribution is -0.115. The van der Waals surface area contributed by atoms with E-state index in [0.717, 1.165) is 37.9 Å². The number of fused-ring (bicyclic) bond motifs is 1. The first-order chi connectivity index (χ1) is 13.5. The second kappa shape index (κ2) is 7.44. The molecule has 0 aliphatic carbocycles. The van der Waals surface area contributed by atoms with Crippen LogP contribution < -0.4 is 10.1 Å². The number of carbonyl (C=O) groups is 1. The normalized spacial score (nSPS) is 11.0. The number of rotatable bonds is 5. The van der Waals surface area contributed by atoms with Gasteiger partial charge in [0, 0.05) is 6.07 Å². The fraction of sp³-hybridized carbons (Fsp3) is 0.190. The highest BCUT2D eigenvalue weighted by Gasteiger charge is 2.15. The number of aromatic nitrogens is 3. The van der Waals surface area contributed by atoms with Gasteiger partial charge in [0.05, 0.1) is 29.4 Å². The van der Waals surface area contributed by atoms with Gasteiger partial charge in [-0.15, -0.1) is 0 Å². The average Bonchev–Trinajstić information content (AvgIpc) is 3.24. The van der Waals surface area contributed by atoms with Crippen molar-refractivity contribution in [3.63, 3.8) is 0 Å². The lowest BCUT2D eigenvalue weighted by Gasteiger charge is -2.09. The molecule has 4 aromatic rings. The number of hydrogen-bond donors (Lipinski definition) is 1. The van der Waals surface area contributed by atoms with E-state index in [1.54, 1.807) is 11.8 Å². The van der Waals surface area contributed by atoms with Crippen molar-refractivity contribution in [1.29, 1.82) is 0 Å². The molecule has 0 bridgehead atoms. The maximum Gasteiger partial charge on any atom is 0.229 e. The largest absolute Gasteiger partial charge is 0.496 e. The van der Waals surface area contributed by atoms with E-state index in [1.807, 2.05) is 62.4 Å². The standard InChI is InChI=1S/C21H20N4O2S/c1-13-10-15(8-9-17(13)27-3)12-20(26)23-19-11-14(2)24-25(19)21-22-16-6-4-5-7-18(16)28-21/h4-11H,12H2,1-3H3,(H,23,26). The minimum Gasteiger partial charge on any atom is -0.496 e. The number of nitrogens with one attached hydrogen (secondary N) is 1. The summed E-state index contributed by atoms with van der Waals surface area (Å²) in [7, 11) is 1.64. The van der Waals surface area contributed by atoms with E-state index >= 15 is 0 Å². The van der Waals surface area contributed by atoms with Crippen LogP contribution in [0.3, 0.4) is 0 Å². The van der Waals surface area contributed by atoms with Gasteiger partial charge in [-0.1, -0.05) is 35.6 Å². The number of hydrogen-bond acceptors (Lipinski definition) is 5. The Morgan fingerprint density at radius 1 is 1.18 bits per heavy atom. The highest BCUT2D eigenvalue weighted by atomic mass is 32.1. The van der Waals surface area contributed by atoms with Gasteiger partial charge in [-0.3, -0.25) is 4.79 Å². The van der Waals surface area contributed by atoms with E-state index in [1.165, 1.54) is 11.3 Å². The predicted molar refractivity (Wildman–Crippen MR) is 112 cm³/mol. The molecule has 142 valence electrons. The first kappa shape index (κ1) is 18.2. The summed E-state index contributed by atoms with van der Waals surface area (Å²) in [4.78, 5) is 17.2. The molecule has 4 rings (SSSR count). The first-order valence-electron chi connectivity index (χ1n) is 8.89. The van der Waals surface area contributed by atoms with Crippen LogP contribution in [0, 0.1) is 13.8 Å². The molecule has 0 fully saturated rings. The fourth-order valence-electron chi connectivity index (χ4n) is 3.11. The highest BCUT2D eigenvalue weighted by Crippen LogP contribution is 2.27. The number of carbonyl (C=O) groups excluding carboxylic acids is 1. The zero-order chi connectivity index (χ0) is 19.7. The summed E-state index contributed by atoms with van der Waals surface area (Å²) in [5.74, 6) is 1.33. The van der Waals surface area contributed by atoms with Gasteiger partial charge in [-0.2, -0.15) is 9.78 Å². The number of anilines is 1. The minimum absolute atomic E-state index is 0.105. The Bertz CT molecular complexity index is 1130. The maximum absolute atomic E-state index is 12.6. The molecule has 2 aromatic carbocycles. The van der Waals surface area contributed by atoms with Crippen molar-refractivity contribution in [2.24, 2.45) is 0 Å². The summed E-state index contributed by atoms with van der Waals surface area (Å²) in [6, 6.07) is 15.5. The van der Waals surface area contributed by atoms with Crippen LogP contribution in [0.15, 0.2) is 48.5 Å².